The molecule has 0 spiro atoms. The summed E-state index contributed by atoms with van der Waals surface area (Å²) in [5.41, 5.74) is 3.13. The Labute approximate surface area is 131 Å². The van der Waals surface area contributed by atoms with Crippen LogP contribution >= 0.6 is 11.6 Å². The van der Waals surface area contributed by atoms with Crippen LogP contribution in [0.5, 0.6) is 11.5 Å². The molecule has 4 heteroatoms. The summed E-state index contributed by atoms with van der Waals surface area (Å²) in [5.74, 6) is 1.62. The number of pyridine rings is 1. The number of rotatable bonds is 5. The topological polar surface area (TPSA) is 34.1 Å². The number of benzene rings is 1. The van der Waals surface area contributed by atoms with Crippen LogP contribution in [-0.4, -0.2) is 11.0 Å². The summed E-state index contributed by atoms with van der Waals surface area (Å²) in [6.45, 7) is 8.98. The molecule has 0 radical (unpaired) electrons. The minimum absolute atomic E-state index is 0.421. The molecule has 0 aliphatic carbocycles. The number of aryl methyl sites for hydroxylation is 2. The molecular formula is C17H21ClN2O. The second-order valence-electron chi connectivity index (χ2n) is 5.49. The zero-order valence-electron chi connectivity index (χ0n) is 12.9. The van der Waals surface area contributed by atoms with E-state index < -0.39 is 0 Å². The van der Waals surface area contributed by atoms with Gasteiger partial charge in [0.2, 0.25) is 0 Å². The molecule has 0 aliphatic rings. The first kappa shape index (κ1) is 15.8. The Bertz CT molecular complexity index is 603. The number of hydrogen-bond acceptors (Lipinski definition) is 3. The Hall–Kier alpha value is -1.58. The molecule has 0 aliphatic heterocycles. The van der Waals surface area contributed by atoms with Crippen molar-refractivity contribution in [1.29, 1.82) is 0 Å². The molecule has 1 aromatic heterocycles. The van der Waals surface area contributed by atoms with Crippen molar-refractivity contribution in [3.8, 4) is 11.5 Å². The van der Waals surface area contributed by atoms with Gasteiger partial charge in [-0.1, -0.05) is 25.4 Å². The van der Waals surface area contributed by atoms with E-state index in [9.17, 15) is 0 Å². The van der Waals surface area contributed by atoms with Crippen LogP contribution in [0, 0.1) is 13.8 Å². The van der Waals surface area contributed by atoms with Crippen molar-refractivity contribution in [1.82, 2.24) is 10.3 Å². The molecule has 0 unspecified atom stereocenters. The van der Waals surface area contributed by atoms with Crippen molar-refractivity contribution in [3.63, 3.8) is 0 Å². The molecule has 1 N–H and O–H groups in total. The first-order chi connectivity index (χ1) is 9.97. The van der Waals surface area contributed by atoms with Crippen LogP contribution in [0.15, 0.2) is 30.6 Å². The number of nitrogens with zero attached hydrogens (tertiary/aromatic N) is 1. The van der Waals surface area contributed by atoms with Crippen LogP contribution in [0.25, 0.3) is 0 Å². The SMILES string of the molecule is Cc1cc(Cl)cc(C)c1Oc1cnccc1CNC(C)C. The van der Waals surface area contributed by atoms with E-state index >= 15 is 0 Å². The summed E-state index contributed by atoms with van der Waals surface area (Å²) in [4.78, 5) is 4.17. The lowest BCUT2D eigenvalue weighted by Crippen LogP contribution is -2.22. The predicted octanol–water partition coefficient (Wildman–Crippen LogP) is 4.64. The second kappa shape index (κ2) is 6.92. The Balaban J connectivity index is 2.28. The third kappa shape index (κ3) is 4.19. The van der Waals surface area contributed by atoms with Gasteiger partial charge in [0.05, 0.1) is 6.20 Å². The first-order valence-electron chi connectivity index (χ1n) is 7.08. The lowest BCUT2D eigenvalue weighted by Gasteiger charge is -2.16. The normalized spacial score (nSPS) is 11.0. The Kier molecular flexibility index (Phi) is 5.21. The van der Waals surface area contributed by atoms with Gasteiger partial charge in [0.25, 0.3) is 0 Å². The molecule has 0 amide bonds. The van der Waals surface area contributed by atoms with Crippen molar-refractivity contribution in [2.24, 2.45) is 0 Å². The number of ether oxygens (including phenoxy) is 1. The van der Waals surface area contributed by atoms with Gasteiger partial charge in [0, 0.05) is 29.4 Å². The van der Waals surface area contributed by atoms with Crippen molar-refractivity contribution in [2.45, 2.75) is 40.3 Å². The lowest BCUT2D eigenvalue weighted by atomic mass is 10.1. The van der Waals surface area contributed by atoms with Gasteiger partial charge in [-0.25, -0.2) is 0 Å². The average molecular weight is 305 g/mol. The zero-order chi connectivity index (χ0) is 15.4. The van der Waals surface area contributed by atoms with Crippen molar-refractivity contribution >= 4 is 11.6 Å². The maximum atomic E-state index is 6.10. The van der Waals surface area contributed by atoms with Crippen LogP contribution in [0.2, 0.25) is 5.02 Å². The highest BCUT2D eigenvalue weighted by Crippen LogP contribution is 2.32. The molecule has 0 fully saturated rings. The quantitative estimate of drug-likeness (QED) is 0.873. The summed E-state index contributed by atoms with van der Waals surface area (Å²) in [7, 11) is 0. The number of halogens is 1. The van der Waals surface area contributed by atoms with Crippen molar-refractivity contribution in [2.75, 3.05) is 0 Å². The third-order valence-corrected chi connectivity index (χ3v) is 3.43. The van der Waals surface area contributed by atoms with E-state index in [0.29, 0.717) is 6.04 Å². The van der Waals surface area contributed by atoms with Crippen molar-refractivity contribution < 1.29 is 4.74 Å². The van der Waals surface area contributed by atoms with Gasteiger partial charge in [-0.05, 0) is 43.2 Å². The van der Waals surface area contributed by atoms with Crippen LogP contribution in [0.3, 0.4) is 0 Å². The molecular weight excluding hydrogens is 284 g/mol. The molecule has 0 bridgehead atoms. The summed E-state index contributed by atoms with van der Waals surface area (Å²) < 4.78 is 6.10. The molecule has 21 heavy (non-hydrogen) atoms. The fourth-order valence-electron chi connectivity index (χ4n) is 2.13. The zero-order valence-corrected chi connectivity index (χ0v) is 13.7. The van der Waals surface area contributed by atoms with Gasteiger partial charge in [-0.2, -0.15) is 0 Å². The molecule has 0 atom stereocenters. The smallest absolute Gasteiger partial charge is 0.150 e. The van der Waals surface area contributed by atoms with Crippen LogP contribution in [0.1, 0.15) is 30.5 Å². The largest absolute Gasteiger partial charge is 0.455 e. The van der Waals surface area contributed by atoms with E-state index in [1.54, 1.807) is 12.4 Å². The molecule has 1 heterocycles. The average Bonchev–Trinajstić information content (AvgIpc) is 2.41. The number of aromatic nitrogens is 1. The van der Waals surface area contributed by atoms with Gasteiger partial charge >= 0.3 is 0 Å². The van der Waals surface area contributed by atoms with E-state index in [0.717, 1.165) is 39.8 Å². The van der Waals surface area contributed by atoms with Gasteiger partial charge in [-0.15, -0.1) is 0 Å². The fraction of sp³-hybridized carbons (Fsp3) is 0.353. The van der Waals surface area contributed by atoms with E-state index in [1.807, 2.05) is 32.0 Å². The van der Waals surface area contributed by atoms with E-state index in [2.05, 4.69) is 24.1 Å². The maximum Gasteiger partial charge on any atom is 0.150 e. The monoisotopic (exact) mass is 304 g/mol. The fourth-order valence-corrected chi connectivity index (χ4v) is 2.46. The summed E-state index contributed by atoms with van der Waals surface area (Å²) in [6.07, 6.45) is 3.54. The Morgan fingerprint density at radius 1 is 1.24 bits per heavy atom. The Morgan fingerprint density at radius 2 is 1.90 bits per heavy atom. The second-order valence-corrected chi connectivity index (χ2v) is 5.93. The molecule has 112 valence electrons. The van der Waals surface area contributed by atoms with Gasteiger partial charge in [-0.3, -0.25) is 4.98 Å². The summed E-state index contributed by atoms with van der Waals surface area (Å²) >= 11 is 6.06. The minimum atomic E-state index is 0.421. The highest BCUT2D eigenvalue weighted by atomic mass is 35.5. The van der Waals surface area contributed by atoms with Crippen LogP contribution in [-0.2, 0) is 6.54 Å². The van der Waals surface area contributed by atoms with E-state index in [1.165, 1.54) is 0 Å². The van der Waals surface area contributed by atoms with Gasteiger partial charge in [0.1, 0.15) is 11.5 Å². The molecule has 2 aromatic rings. The lowest BCUT2D eigenvalue weighted by molar-refractivity contribution is 0.460. The minimum Gasteiger partial charge on any atom is -0.455 e. The number of hydrogen-bond donors (Lipinski definition) is 1. The highest BCUT2D eigenvalue weighted by Gasteiger charge is 2.10. The standard InChI is InChI=1S/C17H21ClN2O/c1-11(2)20-9-14-5-6-19-10-16(14)21-17-12(3)7-15(18)8-13(17)4/h5-8,10-11,20H,9H2,1-4H3. The van der Waals surface area contributed by atoms with Crippen LogP contribution < -0.4 is 10.1 Å². The summed E-state index contributed by atoms with van der Waals surface area (Å²) in [5, 5.41) is 4.12. The van der Waals surface area contributed by atoms with Crippen LogP contribution in [0.4, 0.5) is 0 Å². The first-order valence-corrected chi connectivity index (χ1v) is 7.46. The molecule has 2 rings (SSSR count). The molecule has 0 saturated heterocycles. The predicted molar refractivity (Wildman–Crippen MR) is 87.2 cm³/mol. The third-order valence-electron chi connectivity index (χ3n) is 3.21. The van der Waals surface area contributed by atoms with E-state index in [-0.39, 0.29) is 0 Å². The highest BCUT2D eigenvalue weighted by molar-refractivity contribution is 6.30. The van der Waals surface area contributed by atoms with Crippen molar-refractivity contribution in [3.05, 3.63) is 52.3 Å². The molecule has 0 saturated carbocycles. The van der Waals surface area contributed by atoms with E-state index in [4.69, 9.17) is 16.3 Å². The molecule has 1 aromatic carbocycles. The van der Waals surface area contributed by atoms with Gasteiger partial charge < -0.3 is 10.1 Å². The Morgan fingerprint density at radius 3 is 2.52 bits per heavy atom. The maximum absolute atomic E-state index is 6.10. The van der Waals surface area contributed by atoms with Gasteiger partial charge in [0.15, 0.2) is 0 Å². The molecule has 3 nitrogen and oxygen atoms in total. The number of nitrogens with one attached hydrogen (secondary N) is 1. The summed E-state index contributed by atoms with van der Waals surface area (Å²) in [6, 6.07) is 6.22.